The number of thioether (sulfide) groups is 1. The number of hydrogen-bond donors (Lipinski definition) is 1. The van der Waals surface area contributed by atoms with Gasteiger partial charge in [-0.05, 0) is 12.1 Å². The van der Waals surface area contributed by atoms with Crippen LogP contribution in [0.1, 0.15) is 26.5 Å². The number of amides is 1. The SMILES string of the molecule is CC(C)(C)c1csc(SCC(=O)Nc2ccccc2N2CCN(S(C)(=O)=O)CC2)n1. The predicted octanol–water partition coefficient (Wildman–Crippen LogP) is 3.25. The summed E-state index contributed by atoms with van der Waals surface area (Å²) in [5, 5.41) is 5.05. The van der Waals surface area contributed by atoms with Gasteiger partial charge in [-0.2, -0.15) is 4.31 Å². The summed E-state index contributed by atoms with van der Waals surface area (Å²) in [5.41, 5.74) is 2.69. The normalized spacial score (nSPS) is 15.9. The van der Waals surface area contributed by atoms with E-state index in [1.807, 2.05) is 29.6 Å². The summed E-state index contributed by atoms with van der Waals surface area (Å²) in [6, 6.07) is 7.64. The fourth-order valence-electron chi connectivity index (χ4n) is 3.10. The molecular formula is C20H28N4O3S3. The highest BCUT2D eigenvalue weighted by Gasteiger charge is 2.25. The second kappa shape index (κ2) is 9.25. The number of sulfonamides is 1. The lowest BCUT2D eigenvalue weighted by molar-refractivity contribution is -0.113. The van der Waals surface area contributed by atoms with Gasteiger partial charge in [-0.15, -0.1) is 11.3 Å². The molecular weight excluding hydrogens is 440 g/mol. The third-order valence-corrected chi connectivity index (χ3v) is 8.13. The number of piperazine rings is 1. The van der Waals surface area contributed by atoms with Crippen molar-refractivity contribution in [2.45, 2.75) is 30.5 Å². The molecule has 1 amide bonds. The van der Waals surface area contributed by atoms with Crippen molar-refractivity contribution in [3.8, 4) is 0 Å². The minimum absolute atomic E-state index is 0.00234. The van der Waals surface area contributed by atoms with E-state index in [-0.39, 0.29) is 17.1 Å². The number of nitrogens with one attached hydrogen (secondary N) is 1. The van der Waals surface area contributed by atoms with E-state index in [1.165, 1.54) is 22.3 Å². The van der Waals surface area contributed by atoms with Gasteiger partial charge in [-0.25, -0.2) is 13.4 Å². The van der Waals surface area contributed by atoms with Crippen molar-refractivity contribution in [3.05, 3.63) is 35.3 Å². The van der Waals surface area contributed by atoms with Gasteiger partial charge in [0.2, 0.25) is 15.9 Å². The summed E-state index contributed by atoms with van der Waals surface area (Å²) in [6.07, 6.45) is 1.24. The van der Waals surface area contributed by atoms with E-state index in [2.05, 4.69) is 36.0 Å². The van der Waals surface area contributed by atoms with E-state index < -0.39 is 10.0 Å². The molecule has 2 heterocycles. The lowest BCUT2D eigenvalue weighted by Crippen LogP contribution is -2.48. The lowest BCUT2D eigenvalue weighted by Gasteiger charge is -2.35. The fourth-order valence-corrected chi connectivity index (χ4v) is 5.78. The Labute approximate surface area is 186 Å². The van der Waals surface area contributed by atoms with Crippen LogP contribution < -0.4 is 10.2 Å². The van der Waals surface area contributed by atoms with E-state index in [1.54, 1.807) is 11.3 Å². The molecule has 1 aliphatic rings. The number of carbonyl (C=O) groups is 1. The molecule has 1 aromatic heterocycles. The summed E-state index contributed by atoms with van der Waals surface area (Å²) in [7, 11) is -3.17. The Bertz CT molecular complexity index is 991. The zero-order valence-electron chi connectivity index (χ0n) is 17.7. The van der Waals surface area contributed by atoms with Crippen LogP contribution in [0, 0.1) is 0 Å². The monoisotopic (exact) mass is 468 g/mol. The van der Waals surface area contributed by atoms with Gasteiger partial charge in [-0.1, -0.05) is 44.7 Å². The second-order valence-corrected chi connectivity index (χ2v) is 12.3. The highest BCUT2D eigenvalue weighted by Crippen LogP contribution is 2.30. The maximum absolute atomic E-state index is 12.5. The Kier molecular flexibility index (Phi) is 7.11. The number of hydrogen-bond acceptors (Lipinski definition) is 7. The summed E-state index contributed by atoms with van der Waals surface area (Å²) >= 11 is 3.00. The molecule has 0 spiro atoms. The number of carbonyl (C=O) groups excluding carboxylic acids is 1. The van der Waals surface area contributed by atoms with E-state index in [4.69, 9.17) is 0 Å². The van der Waals surface area contributed by atoms with Crippen molar-refractivity contribution in [2.24, 2.45) is 0 Å². The van der Waals surface area contributed by atoms with Crippen molar-refractivity contribution >= 4 is 50.4 Å². The molecule has 164 valence electrons. The molecule has 1 fully saturated rings. The van der Waals surface area contributed by atoms with Gasteiger partial charge in [0.05, 0.1) is 29.1 Å². The highest BCUT2D eigenvalue weighted by molar-refractivity contribution is 8.01. The Balaban J connectivity index is 1.60. The zero-order valence-corrected chi connectivity index (χ0v) is 20.2. The van der Waals surface area contributed by atoms with Crippen LogP contribution in [0.3, 0.4) is 0 Å². The van der Waals surface area contributed by atoms with Gasteiger partial charge in [0, 0.05) is 37.0 Å². The van der Waals surface area contributed by atoms with E-state index >= 15 is 0 Å². The smallest absolute Gasteiger partial charge is 0.234 e. The summed E-state index contributed by atoms with van der Waals surface area (Å²) in [6.45, 7) is 8.42. The van der Waals surface area contributed by atoms with E-state index in [0.29, 0.717) is 26.2 Å². The molecule has 1 N–H and O–H groups in total. The summed E-state index contributed by atoms with van der Waals surface area (Å²) in [5.74, 6) is 0.197. The number of aromatic nitrogens is 1. The quantitative estimate of drug-likeness (QED) is 0.656. The number of rotatable bonds is 6. The molecule has 7 nitrogen and oxygen atoms in total. The molecule has 2 aromatic rings. The number of nitrogens with zero attached hydrogens (tertiary/aromatic N) is 3. The average molecular weight is 469 g/mol. The average Bonchev–Trinajstić information content (AvgIpc) is 3.16. The molecule has 1 aliphatic heterocycles. The molecule has 0 radical (unpaired) electrons. The van der Waals surface area contributed by atoms with Crippen LogP contribution in [0.4, 0.5) is 11.4 Å². The standard InChI is InChI=1S/C20H28N4O3S3/c1-20(2,3)17-13-28-19(22-17)29-14-18(25)21-15-7-5-6-8-16(15)23-9-11-24(12-10-23)30(4,26)27/h5-8,13H,9-12,14H2,1-4H3,(H,21,25). The van der Waals surface area contributed by atoms with Crippen LogP contribution in [0.15, 0.2) is 34.0 Å². The van der Waals surface area contributed by atoms with Gasteiger partial charge in [-0.3, -0.25) is 4.79 Å². The molecule has 1 aromatic carbocycles. The Morgan fingerprint density at radius 3 is 2.47 bits per heavy atom. The van der Waals surface area contributed by atoms with Gasteiger partial charge >= 0.3 is 0 Å². The first-order valence-electron chi connectivity index (χ1n) is 9.72. The molecule has 0 aliphatic carbocycles. The zero-order chi connectivity index (χ0) is 21.9. The van der Waals surface area contributed by atoms with Gasteiger partial charge < -0.3 is 10.2 Å². The molecule has 3 rings (SSSR count). The maximum atomic E-state index is 12.5. The van der Waals surface area contributed by atoms with Crippen molar-refractivity contribution in [1.82, 2.24) is 9.29 Å². The third kappa shape index (κ3) is 5.96. The first-order valence-corrected chi connectivity index (χ1v) is 13.4. The van der Waals surface area contributed by atoms with Crippen molar-refractivity contribution in [1.29, 1.82) is 0 Å². The van der Waals surface area contributed by atoms with Crippen LogP contribution in [0.5, 0.6) is 0 Å². The van der Waals surface area contributed by atoms with E-state index in [0.717, 1.165) is 21.4 Å². The van der Waals surface area contributed by atoms with Crippen LogP contribution in [-0.2, 0) is 20.2 Å². The van der Waals surface area contributed by atoms with Crippen molar-refractivity contribution in [2.75, 3.05) is 48.4 Å². The topological polar surface area (TPSA) is 82.6 Å². The van der Waals surface area contributed by atoms with Crippen LogP contribution in [-0.4, -0.2) is 61.8 Å². The van der Waals surface area contributed by atoms with Crippen LogP contribution >= 0.6 is 23.1 Å². The minimum Gasteiger partial charge on any atom is -0.367 e. The van der Waals surface area contributed by atoms with Gasteiger partial charge in [0.25, 0.3) is 0 Å². The van der Waals surface area contributed by atoms with Crippen LogP contribution in [0.25, 0.3) is 0 Å². The first kappa shape index (κ1) is 23.1. The number of benzene rings is 1. The molecule has 0 saturated carbocycles. The molecule has 0 unspecified atom stereocenters. The largest absolute Gasteiger partial charge is 0.367 e. The Hall–Kier alpha value is -1.62. The number of thiazole rings is 1. The Morgan fingerprint density at radius 1 is 1.20 bits per heavy atom. The van der Waals surface area contributed by atoms with Gasteiger partial charge in [0.15, 0.2) is 4.34 Å². The molecule has 0 atom stereocenters. The Morgan fingerprint density at radius 2 is 1.87 bits per heavy atom. The predicted molar refractivity (Wildman–Crippen MR) is 125 cm³/mol. The van der Waals surface area contributed by atoms with Crippen LogP contribution in [0.2, 0.25) is 0 Å². The van der Waals surface area contributed by atoms with Crippen molar-refractivity contribution < 1.29 is 13.2 Å². The fraction of sp³-hybridized carbons (Fsp3) is 0.500. The first-order chi connectivity index (χ1) is 14.0. The maximum Gasteiger partial charge on any atom is 0.234 e. The second-order valence-electron chi connectivity index (χ2n) is 8.25. The number of para-hydroxylation sites is 2. The molecule has 30 heavy (non-hydrogen) atoms. The summed E-state index contributed by atoms with van der Waals surface area (Å²) in [4.78, 5) is 19.3. The minimum atomic E-state index is -3.17. The van der Waals surface area contributed by atoms with Gasteiger partial charge in [0.1, 0.15) is 0 Å². The lowest BCUT2D eigenvalue weighted by atomic mass is 9.93. The summed E-state index contributed by atoms with van der Waals surface area (Å²) < 4.78 is 25.8. The highest BCUT2D eigenvalue weighted by atomic mass is 32.2. The van der Waals surface area contributed by atoms with E-state index in [9.17, 15) is 13.2 Å². The molecule has 10 heteroatoms. The number of anilines is 2. The van der Waals surface area contributed by atoms with Crippen molar-refractivity contribution in [3.63, 3.8) is 0 Å². The molecule has 1 saturated heterocycles. The molecule has 0 bridgehead atoms. The third-order valence-electron chi connectivity index (χ3n) is 4.80.